The smallest absolute Gasteiger partial charge is 0.264 e. The van der Waals surface area contributed by atoms with Gasteiger partial charge in [0.1, 0.15) is 12.6 Å². The lowest BCUT2D eigenvalue weighted by Gasteiger charge is -2.34. The van der Waals surface area contributed by atoms with E-state index in [9.17, 15) is 18.0 Å². The summed E-state index contributed by atoms with van der Waals surface area (Å²) in [6.07, 6.45) is 0.975. The summed E-state index contributed by atoms with van der Waals surface area (Å²) >= 11 is 6.12. The van der Waals surface area contributed by atoms with Crippen molar-refractivity contribution in [3.05, 3.63) is 131 Å². The fourth-order valence-corrected chi connectivity index (χ4v) is 6.30. The van der Waals surface area contributed by atoms with Crippen LogP contribution in [0.3, 0.4) is 0 Å². The Morgan fingerprint density at radius 1 is 0.818 bits per heavy atom. The van der Waals surface area contributed by atoms with Crippen LogP contribution in [0.15, 0.2) is 114 Å². The minimum Gasteiger partial charge on any atom is -0.352 e. The van der Waals surface area contributed by atoms with Gasteiger partial charge in [-0.1, -0.05) is 96.9 Å². The van der Waals surface area contributed by atoms with Crippen LogP contribution in [0.25, 0.3) is 0 Å². The van der Waals surface area contributed by atoms with Crippen molar-refractivity contribution in [1.29, 1.82) is 0 Å². The molecule has 0 bridgehead atoms. The zero-order valence-corrected chi connectivity index (χ0v) is 26.8. The monoisotopic (exact) mass is 631 g/mol. The van der Waals surface area contributed by atoms with Gasteiger partial charge >= 0.3 is 0 Å². The molecule has 7 nitrogen and oxygen atoms in total. The fraction of sp³-hybridized carbons (Fsp3) is 0.257. The first-order valence-corrected chi connectivity index (χ1v) is 16.4. The normalized spacial score (nSPS) is 12.6. The molecule has 0 heterocycles. The van der Waals surface area contributed by atoms with E-state index in [2.05, 4.69) is 5.32 Å². The van der Waals surface area contributed by atoms with E-state index in [1.165, 1.54) is 17.0 Å². The van der Waals surface area contributed by atoms with Crippen LogP contribution in [0.4, 0.5) is 5.69 Å². The maximum absolute atomic E-state index is 14.4. The number of amides is 2. The third kappa shape index (κ3) is 8.49. The molecule has 2 atom stereocenters. The van der Waals surface area contributed by atoms with E-state index in [0.717, 1.165) is 27.4 Å². The molecular weight excluding hydrogens is 594 g/mol. The molecule has 0 spiro atoms. The molecule has 4 aromatic rings. The number of hydrogen-bond donors (Lipinski definition) is 1. The van der Waals surface area contributed by atoms with Crippen LogP contribution in [0.5, 0.6) is 0 Å². The second kappa shape index (κ2) is 15.0. The summed E-state index contributed by atoms with van der Waals surface area (Å²) in [6.45, 7) is 5.46. The van der Waals surface area contributed by atoms with Crippen LogP contribution < -0.4 is 9.62 Å². The van der Waals surface area contributed by atoms with E-state index >= 15 is 0 Å². The first-order valence-electron chi connectivity index (χ1n) is 14.6. The van der Waals surface area contributed by atoms with Gasteiger partial charge in [0.15, 0.2) is 0 Å². The lowest BCUT2D eigenvalue weighted by atomic mass is 10.0. The molecule has 0 aliphatic rings. The molecule has 0 saturated carbocycles. The summed E-state index contributed by atoms with van der Waals surface area (Å²) in [5, 5.41) is 3.48. The van der Waals surface area contributed by atoms with E-state index in [4.69, 9.17) is 11.6 Å². The molecule has 0 fully saturated rings. The molecule has 2 amide bonds. The lowest BCUT2D eigenvalue weighted by molar-refractivity contribution is -0.140. The van der Waals surface area contributed by atoms with Crippen LogP contribution in [0.2, 0.25) is 5.02 Å². The number of carbonyl (C=O) groups is 2. The van der Waals surface area contributed by atoms with Gasteiger partial charge in [0, 0.05) is 24.0 Å². The fourth-order valence-electron chi connectivity index (χ4n) is 4.74. The van der Waals surface area contributed by atoms with Gasteiger partial charge in [0.25, 0.3) is 10.0 Å². The summed E-state index contributed by atoms with van der Waals surface area (Å²) in [5.74, 6) is -0.812. The van der Waals surface area contributed by atoms with E-state index in [1.54, 1.807) is 42.5 Å². The minimum atomic E-state index is -4.16. The van der Waals surface area contributed by atoms with Crippen LogP contribution in [-0.4, -0.2) is 43.8 Å². The molecule has 0 aliphatic heterocycles. The number of hydrogen-bond acceptors (Lipinski definition) is 4. The highest BCUT2D eigenvalue weighted by Gasteiger charge is 2.35. The molecule has 0 radical (unpaired) electrons. The molecule has 0 unspecified atom stereocenters. The number of sulfonamides is 1. The predicted octanol–water partition coefficient (Wildman–Crippen LogP) is 6.40. The second-order valence-corrected chi connectivity index (χ2v) is 13.1. The topological polar surface area (TPSA) is 86.8 Å². The lowest BCUT2D eigenvalue weighted by Crippen LogP contribution is -2.54. The van der Waals surface area contributed by atoms with Crippen LogP contribution >= 0.6 is 11.6 Å². The standard InChI is InChI=1S/C35H38ClN3O4S/c1-4-27(3)37-35(41)33(23-28-11-7-5-8-12-28)38(24-29-17-15-26(2)16-18-29)34(40)25-39(31-21-19-30(36)20-22-31)44(42,43)32-13-9-6-10-14-32/h5-22,27,33H,4,23-25H2,1-3H3,(H,37,41)/t27-,33+/m1/s1. The van der Waals surface area contributed by atoms with E-state index < -0.39 is 28.5 Å². The zero-order valence-electron chi connectivity index (χ0n) is 25.2. The largest absolute Gasteiger partial charge is 0.352 e. The summed E-state index contributed by atoms with van der Waals surface area (Å²) in [5.41, 5.74) is 3.04. The van der Waals surface area contributed by atoms with Crippen molar-refractivity contribution in [3.63, 3.8) is 0 Å². The molecule has 230 valence electrons. The van der Waals surface area contributed by atoms with Crippen LogP contribution in [-0.2, 0) is 32.6 Å². The molecule has 0 saturated heterocycles. The van der Waals surface area contributed by atoms with Gasteiger partial charge in [-0.15, -0.1) is 0 Å². The predicted molar refractivity (Wildman–Crippen MR) is 176 cm³/mol. The van der Waals surface area contributed by atoms with Crippen molar-refractivity contribution in [2.45, 2.75) is 57.1 Å². The van der Waals surface area contributed by atoms with Gasteiger partial charge in [-0.3, -0.25) is 13.9 Å². The van der Waals surface area contributed by atoms with Crippen molar-refractivity contribution < 1.29 is 18.0 Å². The van der Waals surface area contributed by atoms with Gasteiger partial charge in [-0.25, -0.2) is 8.42 Å². The average molecular weight is 632 g/mol. The van der Waals surface area contributed by atoms with Crippen LogP contribution in [0, 0.1) is 6.92 Å². The van der Waals surface area contributed by atoms with Gasteiger partial charge in [-0.2, -0.15) is 0 Å². The molecule has 0 aromatic heterocycles. The van der Waals surface area contributed by atoms with Gasteiger partial charge in [-0.05, 0) is 67.8 Å². The maximum atomic E-state index is 14.4. The SMILES string of the molecule is CC[C@@H](C)NC(=O)[C@H](Cc1ccccc1)N(Cc1ccc(C)cc1)C(=O)CN(c1ccc(Cl)cc1)S(=O)(=O)c1ccccc1. The van der Waals surface area contributed by atoms with Gasteiger partial charge in [0.2, 0.25) is 11.8 Å². The van der Waals surface area contributed by atoms with Gasteiger partial charge < -0.3 is 10.2 Å². The minimum absolute atomic E-state index is 0.0446. The summed E-state index contributed by atoms with van der Waals surface area (Å²) in [6, 6.07) is 30.5. The number of nitrogens with zero attached hydrogens (tertiary/aromatic N) is 2. The Morgan fingerprint density at radius 3 is 2.00 bits per heavy atom. The first kappa shape index (κ1) is 32.8. The third-order valence-electron chi connectivity index (χ3n) is 7.47. The van der Waals surface area contributed by atoms with Crippen molar-refractivity contribution in [2.24, 2.45) is 0 Å². The highest BCUT2D eigenvalue weighted by molar-refractivity contribution is 7.92. The Balaban J connectivity index is 1.79. The molecule has 1 N–H and O–H groups in total. The van der Waals surface area contributed by atoms with Crippen molar-refractivity contribution in [2.75, 3.05) is 10.8 Å². The molecule has 4 rings (SSSR count). The molecule has 9 heteroatoms. The summed E-state index contributed by atoms with van der Waals surface area (Å²) < 4.78 is 29.1. The molecular formula is C35H38ClN3O4S. The Morgan fingerprint density at radius 2 is 1.41 bits per heavy atom. The molecule has 0 aliphatic carbocycles. The Bertz CT molecular complexity index is 1630. The number of aryl methyl sites for hydroxylation is 1. The third-order valence-corrected chi connectivity index (χ3v) is 9.51. The average Bonchev–Trinajstić information content (AvgIpc) is 3.03. The van der Waals surface area contributed by atoms with E-state index in [0.29, 0.717) is 5.02 Å². The Kier molecular flexibility index (Phi) is 11.2. The van der Waals surface area contributed by atoms with Crippen molar-refractivity contribution >= 4 is 39.1 Å². The zero-order chi connectivity index (χ0) is 31.7. The quantitative estimate of drug-likeness (QED) is 0.185. The number of nitrogens with one attached hydrogen (secondary N) is 1. The second-order valence-electron chi connectivity index (χ2n) is 10.8. The number of rotatable bonds is 13. The number of benzene rings is 4. The van der Waals surface area contributed by atoms with Crippen LogP contribution in [0.1, 0.15) is 37.0 Å². The Labute approximate surface area is 265 Å². The maximum Gasteiger partial charge on any atom is 0.264 e. The highest BCUT2D eigenvalue weighted by atomic mass is 35.5. The first-order chi connectivity index (χ1) is 21.1. The summed E-state index contributed by atoms with van der Waals surface area (Å²) in [4.78, 5) is 29.9. The molecule has 4 aromatic carbocycles. The highest BCUT2D eigenvalue weighted by Crippen LogP contribution is 2.26. The molecule has 44 heavy (non-hydrogen) atoms. The number of halogens is 1. The Hall–Kier alpha value is -4.14. The number of carbonyl (C=O) groups excluding carboxylic acids is 2. The van der Waals surface area contributed by atoms with E-state index in [-0.39, 0.29) is 35.5 Å². The summed E-state index contributed by atoms with van der Waals surface area (Å²) in [7, 11) is -4.16. The van der Waals surface area contributed by atoms with Crippen molar-refractivity contribution in [1.82, 2.24) is 10.2 Å². The number of anilines is 1. The van der Waals surface area contributed by atoms with Crippen molar-refractivity contribution in [3.8, 4) is 0 Å². The van der Waals surface area contributed by atoms with E-state index in [1.807, 2.05) is 75.4 Å². The van der Waals surface area contributed by atoms with Gasteiger partial charge in [0.05, 0.1) is 10.6 Å².